The highest BCUT2D eigenvalue weighted by Crippen LogP contribution is 2.25. The molecule has 0 bridgehead atoms. The van der Waals surface area contributed by atoms with Gasteiger partial charge < -0.3 is 5.11 Å². The third-order valence-corrected chi connectivity index (χ3v) is 3.64. The van der Waals surface area contributed by atoms with E-state index in [1.807, 2.05) is 31.2 Å². The molecule has 1 N–H and O–H groups in total. The number of carboxylic acids is 1. The van der Waals surface area contributed by atoms with E-state index < -0.39 is 5.97 Å². The number of benzene rings is 1. The maximum absolute atomic E-state index is 11.4. The summed E-state index contributed by atoms with van der Waals surface area (Å²) in [6.07, 6.45) is 2.51. The van der Waals surface area contributed by atoms with Crippen molar-refractivity contribution in [2.24, 2.45) is 11.8 Å². The quantitative estimate of drug-likeness (QED) is 0.815. The number of rotatable bonds is 6. The minimum absolute atomic E-state index is 0.258. The first-order valence-electron chi connectivity index (χ1n) is 6.37. The molecule has 0 fully saturated rings. The molecule has 0 aliphatic rings. The Labute approximate surface area is 104 Å². The first-order valence-corrected chi connectivity index (χ1v) is 6.37. The van der Waals surface area contributed by atoms with Crippen molar-refractivity contribution >= 4 is 5.97 Å². The van der Waals surface area contributed by atoms with Crippen LogP contribution in [0.4, 0.5) is 0 Å². The van der Waals surface area contributed by atoms with Gasteiger partial charge >= 0.3 is 5.97 Å². The fourth-order valence-electron chi connectivity index (χ4n) is 2.39. The molecule has 1 atom stereocenters. The van der Waals surface area contributed by atoms with Gasteiger partial charge in [0.25, 0.3) is 0 Å². The van der Waals surface area contributed by atoms with Gasteiger partial charge in [0.1, 0.15) is 0 Å². The van der Waals surface area contributed by atoms with Gasteiger partial charge in [-0.3, -0.25) is 4.79 Å². The van der Waals surface area contributed by atoms with Crippen LogP contribution in [-0.2, 0) is 11.2 Å². The average molecular weight is 234 g/mol. The number of carboxylic acid groups (broad SMARTS) is 1. The van der Waals surface area contributed by atoms with E-state index in [0.717, 1.165) is 18.4 Å². The number of aliphatic carboxylic acids is 1. The normalized spacial score (nSPS) is 12.7. The van der Waals surface area contributed by atoms with E-state index in [9.17, 15) is 9.90 Å². The summed E-state index contributed by atoms with van der Waals surface area (Å²) < 4.78 is 0. The summed E-state index contributed by atoms with van der Waals surface area (Å²) in [4.78, 5) is 11.4. The standard InChI is InChI=1S/C15H22O2/c1-4-12(5-2)14(15(16)17)10-13-9-7-6-8-11(13)3/h6-9,12,14H,4-5,10H2,1-3H3,(H,16,17). The highest BCUT2D eigenvalue weighted by Gasteiger charge is 2.26. The highest BCUT2D eigenvalue weighted by atomic mass is 16.4. The lowest BCUT2D eigenvalue weighted by Crippen LogP contribution is -2.25. The Morgan fingerprint density at radius 1 is 1.24 bits per heavy atom. The molecule has 0 spiro atoms. The van der Waals surface area contributed by atoms with Gasteiger partial charge in [-0.2, -0.15) is 0 Å². The summed E-state index contributed by atoms with van der Waals surface area (Å²) >= 11 is 0. The largest absolute Gasteiger partial charge is 0.481 e. The minimum atomic E-state index is -0.665. The van der Waals surface area contributed by atoms with E-state index in [0.29, 0.717) is 6.42 Å². The van der Waals surface area contributed by atoms with Gasteiger partial charge in [0.05, 0.1) is 5.92 Å². The molecule has 2 heteroatoms. The van der Waals surface area contributed by atoms with Crippen molar-refractivity contribution in [3.8, 4) is 0 Å². The van der Waals surface area contributed by atoms with Crippen LogP contribution in [0.3, 0.4) is 0 Å². The van der Waals surface area contributed by atoms with Gasteiger partial charge in [-0.25, -0.2) is 0 Å². The molecule has 17 heavy (non-hydrogen) atoms. The Bertz CT molecular complexity index is 367. The summed E-state index contributed by atoms with van der Waals surface area (Å²) in [6.45, 7) is 6.19. The molecule has 0 aliphatic carbocycles. The maximum atomic E-state index is 11.4. The Hall–Kier alpha value is -1.31. The van der Waals surface area contributed by atoms with Crippen LogP contribution in [0.2, 0.25) is 0 Å². The predicted molar refractivity (Wildman–Crippen MR) is 70.1 cm³/mol. The smallest absolute Gasteiger partial charge is 0.307 e. The second-order valence-corrected chi connectivity index (χ2v) is 4.65. The van der Waals surface area contributed by atoms with Gasteiger partial charge in [-0.1, -0.05) is 51.0 Å². The Kier molecular flexibility index (Phi) is 5.20. The zero-order valence-electron chi connectivity index (χ0n) is 10.9. The first kappa shape index (κ1) is 13.8. The molecular formula is C15H22O2. The molecule has 0 radical (unpaired) electrons. The Morgan fingerprint density at radius 3 is 2.29 bits per heavy atom. The zero-order valence-corrected chi connectivity index (χ0v) is 10.9. The third kappa shape index (κ3) is 3.58. The molecule has 0 aromatic heterocycles. The second-order valence-electron chi connectivity index (χ2n) is 4.65. The van der Waals surface area contributed by atoms with Crippen LogP contribution in [0.25, 0.3) is 0 Å². The summed E-state index contributed by atoms with van der Waals surface area (Å²) in [5.74, 6) is -0.653. The van der Waals surface area contributed by atoms with Crippen molar-refractivity contribution in [1.29, 1.82) is 0 Å². The summed E-state index contributed by atoms with van der Waals surface area (Å²) in [5.41, 5.74) is 2.34. The van der Waals surface area contributed by atoms with Crippen LogP contribution in [0.5, 0.6) is 0 Å². The van der Waals surface area contributed by atoms with Gasteiger partial charge in [0.2, 0.25) is 0 Å². The number of hydrogen-bond donors (Lipinski definition) is 1. The topological polar surface area (TPSA) is 37.3 Å². The second kappa shape index (κ2) is 6.43. The lowest BCUT2D eigenvalue weighted by atomic mass is 9.82. The van der Waals surface area contributed by atoms with Crippen molar-refractivity contribution in [3.05, 3.63) is 35.4 Å². The lowest BCUT2D eigenvalue weighted by Gasteiger charge is -2.22. The van der Waals surface area contributed by atoms with E-state index >= 15 is 0 Å². The molecule has 2 nitrogen and oxygen atoms in total. The van der Waals surface area contributed by atoms with Gasteiger partial charge in [-0.15, -0.1) is 0 Å². The van der Waals surface area contributed by atoms with E-state index in [4.69, 9.17) is 0 Å². The van der Waals surface area contributed by atoms with Gasteiger partial charge in [0.15, 0.2) is 0 Å². The van der Waals surface area contributed by atoms with Crippen LogP contribution < -0.4 is 0 Å². The van der Waals surface area contributed by atoms with Crippen molar-refractivity contribution in [2.45, 2.75) is 40.0 Å². The zero-order chi connectivity index (χ0) is 12.8. The van der Waals surface area contributed by atoms with E-state index in [1.165, 1.54) is 5.56 Å². The number of carbonyl (C=O) groups is 1. The average Bonchev–Trinajstić information content (AvgIpc) is 2.31. The predicted octanol–water partition coefficient (Wildman–Crippen LogP) is 3.67. The number of hydrogen-bond acceptors (Lipinski definition) is 1. The molecule has 0 heterocycles. The molecule has 0 saturated carbocycles. The molecule has 0 amide bonds. The summed E-state index contributed by atoms with van der Waals surface area (Å²) in [7, 11) is 0. The van der Waals surface area contributed by atoms with Gasteiger partial charge in [0, 0.05) is 0 Å². The van der Waals surface area contributed by atoms with Crippen LogP contribution >= 0.6 is 0 Å². The SMILES string of the molecule is CCC(CC)C(Cc1ccccc1C)C(=O)O. The summed E-state index contributed by atoms with van der Waals surface area (Å²) in [6, 6.07) is 8.05. The molecule has 0 aliphatic heterocycles. The minimum Gasteiger partial charge on any atom is -0.481 e. The Morgan fingerprint density at radius 2 is 1.82 bits per heavy atom. The molecule has 1 aromatic carbocycles. The van der Waals surface area contributed by atoms with Crippen molar-refractivity contribution < 1.29 is 9.90 Å². The van der Waals surface area contributed by atoms with E-state index in [2.05, 4.69) is 13.8 Å². The summed E-state index contributed by atoms with van der Waals surface area (Å²) in [5, 5.41) is 9.36. The van der Waals surface area contributed by atoms with Crippen molar-refractivity contribution in [3.63, 3.8) is 0 Å². The third-order valence-electron chi connectivity index (χ3n) is 3.64. The van der Waals surface area contributed by atoms with E-state index in [-0.39, 0.29) is 11.8 Å². The molecular weight excluding hydrogens is 212 g/mol. The monoisotopic (exact) mass is 234 g/mol. The van der Waals surface area contributed by atoms with Crippen LogP contribution in [-0.4, -0.2) is 11.1 Å². The fraction of sp³-hybridized carbons (Fsp3) is 0.533. The molecule has 1 rings (SSSR count). The van der Waals surface area contributed by atoms with Crippen molar-refractivity contribution in [2.75, 3.05) is 0 Å². The molecule has 1 aromatic rings. The Balaban J connectivity index is 2.87. The van der Waals surface area contributed by atoms with Crippen molar-refractivity contribution in [1.82, 2.24) is 0 Å². The van der Waals surface area contributed by atoms with Gasteiger partial charge in [-0.05, 0) is 30.4 Å². The van der Waals surface area contributed by atoms with Crippen LogP contribution in [0.15, 0.2) is 24.3 Å². The van der Waals surface area contributed by atoms with Crippen LogP contribution in [0.1, 0.15) is 37.8 Å². The lowest BCUT2D eigenvalue weighted by molar-refractivity contribution is -0.143. The number of aryl methyl sites for hydroxylation is 1. The molecule has 0 saturated heterocycles. The maximum Gasteiger partial charge on any atom is 0.307 e. The fourth-order valence-corrected chi connectivity index (χ4v) is 2.39. The first-order chi connectivity index (χ1) is 8.10. The molecule has 94 valence electrons. The van der Waals surface area contributed by atoms with Crippen LogP contribution in [0, 0.1) is 18.8 Å². The van der Waals surface area contributed by atoms with E-state index in [1.54, 1.807) is 0 Å². The molecule has 1 unspecified atom stereocenters. The highest BCUT2D eigenvalue weighted by molar-refractivity contribution is 5.70.